The van der Waals surface area contributed by atoms with Crippen LogP contribution in [0.15, 0.2) is 24.5 Å². The van der Waals surface area contributed by atoms with Gasteiger partial charge in [0.2, 0.25) is 5.91 Å². The molecule has 2 atom stereocenters. The standard InChI is InChI=1S/C20H26N6O2/c1-13(27)23-18-12-26(11-16(18)19-7-8-22-25(19)2)20(28)24-15-9-14-5-3-4-6-17(14)21-10-15/h7-10,16,18H,3-6,11-12H2,1-2H3,(H,23,27)(H,24,28)/t16-,18-/m1/s1. The molecule has 2 aromatic rings. The van der Waals surface area contributed by atoms with Crippen molar-refractivity contribution in [1.29, 1.82) is 0 Å². The minimum absolute atomic E-state index is 0.00353. The lowest BCUT2D eigenvalue weighted by atomic mass is 9.96. The molecule has 0 saturated carbocycles. The molecular formula is C20H26N6O2. The average Bonchev–Trinajstić information content (AvgIpc) is 3.27. The number of carbonyl (C=O) groups is 2. The van der Waals surface area contributed by atoms with E-state index < -0.39 is 0 Å². The number of rotatable bonds is 3. The minimum Gasteiger partial charge on any atom is -0.351 e. The number of nitrogens with one attached hydrogen (secondary N) is 2. The van der Waals surface area contributed by atoms with E-state index in [1.807, 2.05) is 19.2 Å². The highest BCUT2D eigenvalue weighted by molar-refractivity contribution is 5.89. The van der Waals surface area contributed by atoms with Crippen molar-refractivity contribution in [2.24, 2.45) is 7.05 Å². The number of aromatic nitrogens is 3. The van der Waals surface area contributed by atoms with Crippen LogP contribution in [-0.4, -0.2) is 50.7 Å². The number of amides is 3. The van der Waals surface area contributed by atoms with E-state index >= 15 is 0 Å². The number of pyridine rings is 1. The number of anilines is 1. The molecule has 148 valence electrons. The number of hydrogen-bond donors (Lipinski definition) is 2. The molecule has 0 unspecified atom stereocenters. The zero-order chi connectivity index (χ0) is 19.7. The van der Waals surface area contributed by atoms with Crippen LogP contribution in [-0.2, 0) is 24.7 Å². The Morgan fingerprint density at radius 3 is 2.79 bits per heavy atom. The Kier molecular flexibility index (Phi) is 5.02. The van der Waals surface area contributed by atoms with Gasteiger partial charge in [-0.25, -0.2) is 4.79 Å². The highest BCUT2D eigenvalue weighted by Gasteiger charge is 2.38. The molecule has 8 heteroatoms. The first-order chi connectivity index (χ1) is 13.5. The van der Waals surface area contributed by atoms with Gasteiger partial charge in [0, 0.05) is 50.6 Å². The second-order valence-electron chi connectivity index (χ2n) is 7.67. The molecule has 1 fully saturated rings. The largest absolute Gasteiger partial charge is 0.351 e. The SMILES string of the molecule is CC(=O)N[C@@H]1CN(C(=O)Nc2cnc3c(c2)CCCC3)C[C@H]1c1ccnn1C. The molecule has 2 aliphatic rings. The van der Waals surface area contributed by atoms with Crippen molar-refractivity contribution >= 4 is 17.6 Å². The Bertz CT molecular complexity index is 893. The maximum absolute atomic E-state index is 12.9. The Balaban J connectivity index is 1.48. The van der Waals surface area contributed by atoms with Crippen LogP contribution >= 0.6 is 0 Å². The van der Waals surface area contributed by atoms with Crippen LogP contribution in [0, 0.1) is 0 Å². The molecule has 0 bridgehead atoms. The van der Waals surface area contributed by atoms with Crippen LogP contribution in [0.1, 0.15) is 42.6 Å². The summed E-state index contributed by atoms with van der Waals surface area (Å²) in [5.74, 6) is -0.0953. The number of urea groups is 1. The van der Waals surface area contributed by atoms with Gasteiger partial charge in [-0.1, -0.05) is 0 Å². The highest BCUT2D eigenvalue weighted by atomic mass is 16.2. The summed E-state index contributed by atoms with van der Waals surface area (Å²) in [5, 5.41) is 10.2. The summed E-state index contributed by atoms with van der Waals surface area (Å²) >= 11 is 0. The molecule has 0 radical (unpaired) electrons. The lowest BCUT2D eigenvalue weighted by Crippen LogP contribution is -2.40. The van der Waals surface area contributed by atoms with Crippen molar-refractivity contribution in [2.45, 2.75) is 44.6 Å². The second-order valence-corrected chi connectivity index (χ2v) is 7.67. The molecule has 3 amide bonds. The smallest absolute Gasteiger partial charge is 0.321 e. The first-order valence-corrected chi connectivity index (χ1v) is 9.80. The van der Waals surface area contributed by atoms with Gasteiger partial charge in [0.25, 0.3) is 0 Å². The summed E-state index contributed by atoms with van der Waals surface area (Å²) in [7, 11) is 1.88. The number of fused-ring (bicyclic) bond motifs is 1. The van der Waals surface area contributed by atoms with Gasteiger partial charge in [0.15, 0.2) is 0 Å². The van der Waals surface area contributed by atoms with Crippen LogP contribution in [0.2, 0.25) is 0 Å². The van der Waals surface area contributed by atoms with Crippen molar-refractivity contribution in [2.75, 3.05) is 18.4 Å². The van der Waals surface area contributed by atoms with Crippen molar-refractivity contribution in [3.8, 4) is 0 Å². The fourth-order valence-electron chi connectivity index (χ4n) is 4.28. The van der Waals surface area contributed by atoms with Gasteiger partial charge >= 0.3 is 6.03 Å². The van der Waals surface area contributed by atoms with E-state index in [0.717, 1.165) is 29.9 Å². The average molecular weight is 382 g/mol. The summed E-state index contributed by atoms with van der Waals surface area (Å²) in [6.07, 6.45) is 7.86. The molecule has 0 spiro atoms. The van der Waals surface area contributed by atoms with Crippen LogP contribution in [0.3, 0.4) is 0 Å². The summed E-state index contributed by atoms with van der Waals surface area (Å²) < 4.78 is 1.80. The Hall–Kier alpha value is -2.90. The second kappa shape index (κ2) is 7.61. The molecule has 1 saturated heterocycles. The molecule has 1 aliphatic carbocycles. The lowest BCUT2D eigenvalue weighted by molar-refractivity contribution is -0.119. The first kappa shape index (κ1) is 18.5. The number of aryl methyl sites for hydroxylation is 3. The van der Waals surface area contributed by atoms with Crippen molar-refractivity contribution in [3.05, 3.63) is 41.5 Å². The van der Waals surface area contributed by atoms with Crippen molar-refractivity contribution in [1.82, 2.24) is 25.0 Å². The van der Waals surface area contributed by atoms with E-state index in [0.29, 0.717) is 13.1 Å². The van der Waals surface area contributed by atoms with Gasteiger partial charge in [-0.2, -0.15) is 5.10 Å². The third-order valence-electron chi connectivity index (χ3n) is 5.66. The van der Waals surface area contributed by atoms with Crippen LogP contribution in [0.4, 0.5) is 10.5 Å². The fourth-order valence-corrected chi connectivity index (χ4v) is 4.28. The predicted molar refractivity (Wildman–Crippen MR) is 105 cm³/mol. The van der Waals surface area contributed by atoms with Gasteiger partial charge < -0.3 is 15.5 Å². The van der Waals surface area contributed by atoms with E-state index in [4.69, 9.17) is 0 Å². The molecule has 8 nitrogen and oxygen atoms in total. The monoisotopic (exact) mass is 382 g/mol. The normalized spacial score (nSPS) is 21.3. The van der Waals surface area contributed by atoms with Crippen molar-refractivity contribution in [3.63, 3.8) is 0 Å². The summed E-state index contributed by atoms with van der Waals surface area (Å²) in [5.41, 5.74) is 4.11. The molecule has 28 heavy (non-hydrogen) atoms. The Morgan fingerprint density at radius 1 is 1.21 bits per heavy atom. The fraction of sp³-hybridized carbons (Fsp3) is 0.500. The number of hydrogen-bond acceptors (Lipinski definition) is 4. The van der Waals surface area contributed by atoms with Gasteiger partial charge in [0.05, 0.1) is 17.9 Å². The van der Waals surface area contributed by atoms with E-state index in [2.05, 4.69) is 20.7 Å². The molecule has 2 N–H and O–H groups in total. The first-order valence-electron chi connectivity index (χ1n) is 9.80. The van der Waals surface area contributed by atoms with E-state index in [1.54, 1.807) is 22.0 Å². The maximum atomic E-state index is 12.9. The zero-order valence-electron chi connectivity index (χ0n) is 16.3. The summed E-state index contributed by atoms with van der Waals surface area (Å²) in [4.78, 5) is 30.8. The third kappa shape index (κ3) is 3.72. The molecule has 2 aromatic heterocycles. The Morgan fingerprint density at radius 2 is 2.04 bits per heavy atom. The van der Waals surface area contributed by atoms with E-state index in [1.165, 1.54) is 25.3 Å². The number of nitrogens with zero attached hydrogens (tertiary/aromatic N) is 4. The molecular weight excluding hydrogens is 356 g/mol. The summed E-state index contributed by atoms with van der Waals surface area (Å²) in [6, 6.07) is 3.67. The van der Waals surface area contributed by atoms with Crippen LogP contribution in [0.5, 0.6) is 0 Å². The molecule has 0 aromatic carbocycles. The summed E-state index contributed by atoms with van der Waals surface area (Å²) in [6.45, 7) is 2.48. The number of likely N-dealkylation sites (tertiary alicyclic amines) is 1. The third-order valence-corrected chi connectivity index (χ3v) is 5.66. The Labute approximate surface area is 164 Å². The maximum Gasteiger partial charge on any atom is 0.321 e. The van der Waals surface area contributed by atoms with E-state index in [9.17, 15) is 9.59 Å². The van der Waals surface area contributed by atoms with E-state index in [-0.39, 0.29) is 23.9 Å². The van der Waals surface area contributed by atoms with Gasteiger partial charge in [-0.05, 0) is 43.4 Å². The highest BCUT2D eigenvalue weighted by Crippen LogP contribution is 2.28. The number of carbonyl (C=O) groups excluding carboxylic acids is 2. The zero-order valence-corrected chi connectivity index (χ0v) is 16.3. The topological polar surface area (TPSA) is 92.2 Å². The minimum atomic E-state index is -0.169. The quantitative estimate of drug-likeness (QED) is 0.847. The van der Waals surface area contributed by atoms with Crippen molar-refractivity contribution < 1.29 is 9.59 Å². The van der Waals surface area contributed by atoms with Crippen LogP contribution < -0.4 is 10.6 Å². The van der Waals surface area contributed by atoms with Crippen LogP contribution in [0.25, 0.3) is 0 Å². The lowest BCUT2D eigenvalue weighted by Gasteiger charge is -2.19. The van der Waals surface area contributed by atoms with Gasteiger partial charge in [-0.3, -0.25) is 14.5 Å². The predicted octanol–water partition coefficient (Wildman–Crippen LogP) is 1.83. The molecule has 4 rings (SSSR count). The van der Waals surface area contributed by atoms with Gasteiger partial charge in [0.1, 0.15) is 0 Å². The molecule has 1 aliphatic heterocycles. The molecule has 3 heterocycles. The van der Waals surface area contributed by atoms with Gasteiger partial charge in [-0.15, -0.1) is 0 Å².